The zero-order valence-electron chi connectivity index (χ0n) is 17.0. The summed E-state index contributed by atoms with van der Waals surface area (Å²) in [6, 6.07) is 15.5. The van der Waals surface area contributed by atoms with Crippen LogP contribution in [0.3, 0.4) is 0 Å². The van der Waals surface area contributed by atoms with E-state index in [2.05, 4.69) is 0 Å². The normalized spacial score (nSPS) is 18.3. The molecule has 0 aliphatic carbocycles. The molecule has 3 rings (SSSR count). The smallest absolute Gasteiger partial charge is 0.329 e. The van der Waals surface area contributed by atoms with Crippen LogP contribution in [0.15, 0.2) is 54.6 Å². The van der Waals surface area contributed by atoms with Gasteiger partial charge in [-0.3, -0.25) is 9.59 Å². The number of fused-ring (bicyclic) bond motifs is 1. The maximum absolute atomic E-state index is 13.2. The van der Waals surface area contributed by atoms with Gasteiger partial charge in [-0.25, -0.2) is 4.79 Å². The van der Waals surface area contributed by atoms with E-state index in [1.54, 1.807) is 30.0 Å². The third kappa shape index (κ3) is 4.39. The minimum Gasteiger partial charge on any atom is -0.464 e. The van der Waals surface area contributed by atoms with Crippen molar-refractivity contribution in [1.29, 1.82) is 0 Å². The van der Waals surface area contributed by atoms with Gasteiger partial charge in [-0.15, -0.1) is 0 Å². The van der Waals surface area contributed by atoms with Gasteiger partial charge in [0.25, 0.3) is 5.91 Å². The Morgan fingerprint density at radius 2 is 1.69 bits per heavy atom. The lowest BCUT2D eigenvalue weighted by Gasteiger charge is -2.40. The Bertz CT molecular complexity index is 877. The molecule has 0 saturated heterocycles. The zero-order valence-corrected chi connectivity index (χ0v) is 17.0. The molecule has 5 heteroatoms. The number of esters is 1. The number of Topliss-reactive ketones (excluding diaryl/α,β-unsaturated/α-hetero) is 1. The Morgan fingerprint density at radius 3 is 2.38 bits per heavy atom. The van der Waals surface area contributed by atoms with Crippen molar-refractivity contribution in [3.05, 3.63) is 71.3 Å². The van der Waals surface area contributed by atoms with Crippen molar-refractivity contribution >= 4 is 17.7 Å². The number of ketones is 1. The molecule has 0 fully saturated rings. The highest BCUT2D eigenvalue weighted by Crippen LogP contribution is 2.37. The number of nitrogens with zero attached hydrogens (tertiary/aromatic N) is 1. The van der Waals surface area contributed by atoms with Crippen LogP contribution in [0.25, 0.3) is 0 Å². The van der Waals surface area contributed by atoms with Crippen LogP contribution in [0, 0.1) is 0 Å². The third-order valence-electron chi connectivity index (χ3n) is 5.35. The second-order valence-corrected chi connectivity index (χ2v) is 7.24. The van der Waals surface area contributed by atoms with E-state index < -0.39 is 17.9 Å². The fourth-order valence-corrected chi connectivity index (χ4v) is 3.93. The summed E-state index contributed by atoms with van der Waals surface area (Å²) in [5.74, 6) is -1.11. The van der Waals surface area contributed by atoms with Crippen molar-refractivity contribution in [2.75, 3.05) is 13.2 Å². The first-order valence-corrected chi connectivity index (χ1v) is 10.2. The molecule has 0 N–H and O–H groups in total. The van der Waals surface area contributed by atoms with Crippen LogP contribution in [-0.4, -0.2) is 41.8 Å². The highest BCUT2D eigenvalue weighted by atomic mass is 16.5. The van der Waals surface area contributed by atoms with E-state index in [1.165, 1.54) is 0 Å². The van der Waals surface area contributed by atoms with E-state index in [-0.39, 0.29) is 24.7 Å². The molecule has 1 heterocycles. The van der Waals surface area contributed by atoms with Crippen LogP contribution >= 0.6 is 0 Å². The molecule has 0 radical (unpaired) electrons. The maximum atomic E-state index is 13.2. The van der Waals surface area contributed by atoms with Crippen LogP contribution in [0.1, 0.15) is 65.3 Å². The van der Waals surface area contributed by atoms with Gasteiger partial charge >= 0.3 is 5.97 Å². The minimum atomic E-state index is -0.795. The second-order valence-electron chi connectivity index (χ2n) is 7.24. The van der Waals surface area contributed by atoms with Gasteiger partial charge < -0.3 is 9.64 Å². The zero-order chi connectivity index (χ0) is 20.8. The molecule has 0 aromatic heterocycles. The van der Waals surface area contributed by atoms with E-state index in [4.69, 9.17) is 4.74 Å². The van der Waals surface area contributed by atoms with Crippen molar-refractivity contribution in [1.82, 2.24) is 4.90 Å². The van der Waals surface area contributed by atoms with Crippen molar-refractivity contribution in [2.45, 2.75) is 45.1 Å². The topological polar surface area (TPSA) is 63.7 Å². The minimum absolute atomic E-state index is 0.0514. The summed E-state index contributed by atoms with van der Waals surface area (Å²) in [6.45, 7) is 4.48. The third-order valence-corrected chi connectivity index (χ3v) is 5.35. The first-order chi connectivity index (χ1) is 14.1. The fourth-order valence-electron chi connectivity index (χ4n) is 3.93. The first kappa shape index (κ1) is 20.8. The number of benzene rings is 2. The number of carbonyl (C=O) groups is 3. The largest absolute Gasteiger partial charge is 0.464 e. The van der Waals surface area contributed by atoms with E-state index in [0.29, 0.717) is 17.7 Å². The number of hydrogen-bond acceptors (Lipinski definition) is 4. The quantitative estimate of drug-likeness (QED) is 0.497. The summed E-state index contributed by atoms with van der Waals surface area (Å²) < 4.78 is 5.33. The monoisotopic (exact) mass is 393 g/mol. The lowest BCUT2D eigenvalue weighted by atomic mass is 9.79. The average molecular weight is 393 g/mol. The molecule has 2 atom stereocenters. The summed E-state index contributed by atoms with van der Waals surface area (Å²) >= 11 is 0. The van der Waals surface area contributed by atoms with E-state index in [1.807, 2.05) is 43.3 Å². The molecule has 0 spiro atoms. The van der Waals surface area contributed by atoms with Gasteiger partial charge in [-0.05, 0) is 25.0 Å². The van der Waals surface area contributed by atoms with Crippen LogP contribution in [0.5, 0.6) is 0 Å². The molecule has 29 heavy (non-hydrogen) atoms. The number of amides is 1. The summed E-state index contributed by atoms with van der Waals surface area (Å²) in [4.78, 5) is 40.7. The molecule has 0 bridgehead atoms. The number of rotatable bonds is 8. The van der Waals surface area contributed by atoms with Crippen molar-refractivity contribution < 1.29 is 19.1 Å². The number of unbranched alkanes of at least 4 members (excludes halogenated alkanes) is 1. The lowest BCUT2D eigenvalue weighted by molar-refractivity contribution is -0.149. The Morgan fingerprint density at radius 1 is 1.00 bits per heavy atom. The highest BCUT2D eigenvalue weighted by molar-refractivity contribution is 6.02. The highest BCUT2D eigenvalue weighted by Gasteiger charge is 2.44. The molecule has 1 aliphatic rings. The van der Waals surface area contributed by atoms with Crippen LogP contribution in [0.2, 0.25) is 0 Å². The first-order valence-electron chi connectivity index (χ1n) is 10.2. The van der Waals surface area contributed by atoms with Crippen LogP contribution in [0.4, 0.5) is 0 Å². The number of carbonyl (C=O) groups excluding carboxylic acids is 3. The van der Waals surface area contributed by atoms with Gasteiger partial charge in [0.05, 0.1) is 6.61 Å². The molecule has 1 amide bonds. The molecule has 0 saturated carbocycles. The van der Waals surface area contributed by atoms with Crippen molar-refractivity contribution in [2.24, 2.45) is 0 Å². The summed E-state index contributed by atoms with van der Waals surface area (Å²) in [7, 11) is 0. The second kappa shape index (κ2) is 9.50. The maximum Gasteiger partial charge on any atom is 0.329 e. The summed E-state index contributed by atoms with van der Waals surface area (Å²) in [5, 5.41) is 0. The average Bonchev–Trinajstić information content (AvgIpc) is 2.75. The molecular formula is C24H27NO4. The van der Waals surface area contributed by atoms with E-state index >= 15 is 0 Å². The summed E-state index contributed by atoms with van der Waals surface area (Å²) in [5.41, 5.74) is 1.91. The predicted molar refractivity (Wildman–Crippen MR) is 111 cm³/mol. The van der Waals surface area contributed by atoms with E-state index in [0.717, 1.165) is 18.4 Å². The standard InChI is InChI=1S/C24H27NO4/c1-3-5-15-25-22(24(28)29-4-2)20(16-21(26)17-11-7-6-8-12-17)18-13-9-10-14-19(18)23(25)27/h6-14,20,22H,3-5,15-16H2,1-2H3/t20-,22-/m0/s1. The summed E-state index contributed by atoms with van der Waals surface area (Å²) in [6.07, 6.45) is 1.82. The Balaban J connectivity index is 2.04. The van der Waals surface area contributed by atoms with E-state index in [9.17, 15) is 14.4 Å². The molecule has 2 aromatic rings. The number of ether oxygens (including phenoxy) is 1. The number of hydrogen-bond donors (Lipinski definition) is 0. The van der Waals surface area contributed by atoms with Gasteiger partial charge in [0.1, 0.15) is 6.04 Å². The molecule has 0 unspecified atom stereocenters. The van der Waals surface area contributed by atoms with Crippen LogP contribution < -0.4 is 0 Å². The van der Waals surface area contributed by atoms with Gasteiger partial charge in [0.2, 0.25) is 0 Å². The van der Waals surface area contributed by atoms with Crippen LogP contribution in [-0.2, 0) is 9.53 Å². The molecule has 5 nitrogen and oxygen atoms in total. The predicted octanol–water partition coefficient (Wildman–Crippen LogP) is 4.23. The molecule has 2 aromatic carbocycles. The fraction of sp³-hybridized carbons (Fsp3) is 0.375. The van der Waals surface area contributed by atoms with Crippen molar-refractivity contribution in [3.8, 4) is 0 Å². The molecule has 152 valence electrons. The molecular weight excluding hydrogens is 366 g/mol. The Kier molecular flexibility index (Phi) is 6.81. The lowest BCUT2D eigenvalue weighted by Crippen LogP contribution is -2.53. The Labute approximate surface area is 171 Å². The van der Waals surface area contributed by atoms with Crippen molar-refractivity contribution in [3.63, 3.8) is 0 Å². The van der Waals surface area contributed by atoms with Gasteiger partial charge in [0, 0.05) is 30.0 Å². The van der Waals surface area contributed by atoms with Gasteiger partial charge in [0.15, 0.2) is 5.78 Å². The SMILES string of the molecule is CCCCN1C(=O)c2ccccc2[C@H](CC(=O)c2ccccc2)[C@H]1C(=O)OCC. The van der Waals surface area contributed by atoms with Gasteiger partial charge in [-0.2, -0.15) is 0 Å². The molecule has 1 aliphatic heterocycles. The Hall–Kier alpha value is -2.95. The van der Waals surface area contributed by atoms with Gasteiger partial charge in [-0.1, -0.05) is 61.9 Å².